The molecule has 1 N–H and O–H groups in total. The van der Waals surface area contributed by atoms with Crippen LogP contribution in [0.4, 0.5) is 18.9 Å². The molecule has 0 aliphatic heterocycles. The summed E-state index contributed by atoms with van der Waals surface area (Å²) >= 11 is 0. The van der Waals surface area contributed by atoms with Gasteiger partial charge in [-0.3, -0.25) is 4.98 Å². The summed E-state index contributed by atoms with van der Waals surface area (Å²) < 4.78 is 36.4. The second kappa shape index (κ2) is 3.64. The van der Waals surface area contributed by atoms with E-state index < -0.39 is 11.9 Å². The van der Waals surface area contributed by atoms with Crippen molar-refractivity contribution in [2.75, 3.05) is 11.9 Å². The van der Waals surface area contributed by atoms with Gasteiger partial charge in [0.1, 0.15) is 5.69 Å². The molecule has 72 valence electrons. The summed E-state index contributed by atoms with van der Waals surface area (Å²) in [4.78, 5) is 3.23. The molecule has 0 atom stereocenters. The van der Waals surface area contributed by atoms with Crippen molar-refractivity contribution in [1.82, 2.24) is 4.98 Å². The molecule has 0 amide bonds. The highest BCUT2D eigenvalue weighted by Gasteiger charge is 2.32. The molecule has 2 nitrogen and oxygen atoms in total. The predicted octanol–water partition coefficient (Wildman–Crippen LogP) is 2.53. The Morgan fingerprint density at radius 1 is 1.46 bits per heavy atom. The first-order valence-corrected chi connectivity index (χ1v) is 3.81. The van der Waals surface area contributed by atoms with Crippen molar-refractivity contribution in [3.05, 3.63) is 24.0 Å². The maximum absolute atomic E-state index is 12.1. The third-order valence-corrected chi connectivity index (χ3v) is 1.43. The molecule has 13 heavy (non-hydrogen) atoms. The Balaban J connectivity index is 2.92. The number of hydrogen-bond acceptors (Lipinski definition) is 2. The summed E-state index contributed by atoms with van der Waals surface area (Å²) in [5.74, 6) is 0. The molecule has 1 rings (SSSR count). The van der Waals surface area contributed by atoms with Crippen molar-refractivity contribution in [1.29, 1.82) is 0 Å². The highest BCUT2D eigenvalue weighted by molar-refractivity contribution is 5.43. The van der Waals surface area contributed by atoms with Crippen LogP contribution in [-0.4, -0.2) is 11.5 Å². The highest BCUT2D eigenvalue weighted by Crippen LogP contribution is 2.28. The third-order valence-electron chi connectivity index (χ3n) is 1.43. The van der Waals surface area contributed by atoms with Crippen LogP contribution in [0.2, 0.25) is 0 Å². The standard InChI is InChI=1S/C8H9F3N2/c1-2-12-6-3-4-13-7(5-6)8(9,10)11/h3-5H,2H2,1H3,(H,12,13). The van der Waals surface area contributed by atoms with Crippen LogP contribution in [0.5, 0.6) is 0 Å². The zero-order chi connectivity index (χ0) is 9.90. The van der Waals surface area contributed by atoms with E-state index >= 15 is 0 Å². The van der Waals surface area contributed by atoms with E-state index in [9.17, 15) is 13.2 Å². The number of nitrogens with zero attached hydrogens (tertiary/aromatic N) is 1. The van der Waals surface area contributed by atoms with Gasteiger partial charge in [0.2, 0.25) is 0 Å². The number of halogens is 3. The molecule has 0 saturated carbocycles. The van der Waals surface area contributed by atoms with Gasteiger partial charge in [0.25, 0.3) is 0 Å². The van der Waals surface area contributed by atoms with E-state index in [2.05, 4.69) is 10.3 Å². The van der Waals surface area contributed by atoms with Crippen molar-refractivity contribution in [2.24, 2.45) is 0 Å². The molecule has 1 aromatic rings. The number of pyridine rings is 1. The zero-order valence-electron chi connectivity index (χ0n) is 7.02. The average molecular weight is 190 g/mol. The fraction of sp³-hybridized carbons (Fsp3) is 0.375. The lowest BCUT2D eigenvalue weighted by atomic mass is 10.3. The quantitative estimate of drug-likeness (QED) is 0.775. The first-order chi connectivity index (χ1) is 6.04. The molecule has 0 radical (unpaired) electrons. The number of rotatable bonds is 2. The summed E-state index contributed by atoms with van der Waals surface area (Å²) in [7, 11) is 0. The third kappa shape index (κ3) is 2.61. The van der Waals surface area contributed by atoms with E-state index in [4.69, 9.17) is 0 Å². The number of nitrogens with one attached hydrogen (secondary N) is 1. The Kier molecular flexibility index (Phi) is 2.75. The Labute approximate surface area is 73.8 Å². The van der Waals surface area contributed by atoms with Crippen LogP contribution in [0.15, 0.2) is 18.3 Å². The largest absolute Gasteiger partial charge is 0.433 e. The van der Waals surface area contributed by atoms with Crippen LogP contribution < -0.4 is 5.32 Å². The van der Waals surface area contributed by atoms with Crippen LogP contribution in [0.25, 0.3) is 0 Å². The highest BCUT2D eigenvalue weighted by atomic mass is 19.4. The molecule has 0 aromatic carbocycles. The Morgan fingerprint density at radius 2 is 2.15 bits per heavy atom. The number of hydrogen-bond donors (Lipinski definition) is 1. The molecule has 0 fully saturated rings. The number of aromatic nitrogens is 1. The van der Waals surface area contributed by atoms with Crippen LogP contribution >= 0.6 is 0 Å². The molecule has 0 unspecified atom stereocenters. The van der Waals surface area contributed by atoms with E-state index in [1.165, 1.54) is 6.07 Å². The minimum Gasteiger partial charge on any atom is -0.385 e. The average Bonchev–Trinajstić information content (AvgIpc) is 2.04. The van der Waals surface area contributed by atoms with Crippen LogP contribution in [-0.2, 0) is 6.18 Å². The molecule has 5 heteroatoms. The fourth-order valence-corrected chi connectivity index (χ4v) is 0.900. The maximum atomic E-state index is 12.1. The van der Waals surface area contributed by atoms with Crippen LogP contribution in [0.1, 0.15) is 12.6 Å². The van der Waals surface area contributed by atoms with Crippen molar-refractivity contribution in [3.8, 4) is 0 Å². The van der Waals surface area contributed by atoms with Gasteiger partial charge < -0.3 is 5.32 Å². The van der Waals surface area contributed by atoms with Crippen molar-refractivity contribution in [3.63, 3.8) is 0 Å². The van der Waals surface area contributed by atoms with Gasteiger partial charge in [0.05, 0.1) is 0 Å². The molecular formula is C8H9F3N2. The second-order valence-corrected chi connectivity index (χ2v) is 2.46. The second-order valence-electron chi connectivity index (χ2n) is 2.46. The van der Waals surface area contributed by atoms with Gasteiger partial charge in [-0.2, -0.15) is 13.2 Å². The van der Waals surface area contributed by atoms with E-state index in [1.807, 2.05) is 6.92 Å². The Hall–Kier alpha value is -1.26. The molecule has 1 heterocycles. The van der Waals surface area contributed by atoms with Gasteiger partial charge in [-0.25, -0.2) is 0 Å². The van der Waals surface area contributed by atoms with Crippen molar-refractivity contribution < 1.29 is 13.2 Å². The van der Waals surface area contributed by atoms with Gasteiger partial charge in [-0.05, 0) is 19.1 Å². The lowest BCUT2D eigenvalue weighted by Crippen LogP contribution is -2.08. The topological polar surface area (TPSA) is 24.9 Å². The molecule has 0 bridgehead atoms. The summed E-state index contributed by atoms with van der Waals surface area (Å²) in [5.41, 5.74) is -0.434. The normalized spacial score (nSPS) is 11.4. The Bertz CT molecular complexity index is 283. The van der Waals surface area contributed by atoms with E-state index in [-0.39, 0.29) is 0 Å². The van der Waals surface area contributed by atoms with Crippen molar-refractivity contribution in [2.45, 2.75) is 13.1 Å². The summed E-state index contributed by atoms with van der Waals surface area (Å²) in [6.45, 7) is 2.40. The first-order valence-electron chi connectivity index (χ1n) is 3.81. The molecular weight excluding hydrogens is 181 g/mol. The monoisotopic (exact) mass is 190 g/mol. The lowest BCUT2D eigenvalue weighted by molar-refractivity contribution is -0.141. The van der Waals surface area contributed by atoms with Crippen LogP contribution in [0.3, 0.4) is 0 Å². The number of anilines is 1. The van der Waals surface area contributed by atoms with Gasteiger partial charge in [-0.1, -0.05) is 0 Å². The van der Waals surface area contributed by atoms with Crippen molar-refractivity contribution >= 4 is 5.69 Å². The van der Waals surface area contributed by atoms with Gasteiger partial charge in [-0.15, -0.1) is 0 Å². The minimum atomic E-state index is -4.37. The summed E-state index contributed by atoms with van der Waals surface area (Å²) in [5, 5.41) is 2.78. The van der Waals surface area contributed by atoms with Gasteiger partial charge in [0.15, 0.2) is 0 Å². The summed E-state index contributed by atoms with van der Waals surface area (Å²) in [6.07, 6.45) is -3.23. The Morgan fingerprint density at radius 3 is 2.69 bits per heavy atom. The van der Waals surface area contributed by atoms with E-state index in [0.717, 1.165) is 12.3 Å². The molecule has 0 aliphatic carbocycles. The maximum Gasteiger partial charge on any atom is 0.433 e. The smallest absolute Gasteiger partial charge is 0.385 e. The molecule has 0 spiro atoms. The SMILES string of the molecule is CCNc1ccnc(C(F)(F)F)c1. The lowest BCUT2D eigenvalue weighted by Gasteiger charge is -2.07. The predicted molar refractivity (Wildman–Crippen MR) is 43.4 cm³/mol. The summed E-state index contributed by atoms with van der Waals surface area (Å²) in [6, 6.07) is 2.49. The van der Waals surface area contributed by atoms with Gasteiger partial charge >= 0.3 is 6.18 Å². The molecule has 0 saturated heterocycles. The van der Waals surface area contributed by atoms with E-state index in [1.54, 1.807) is 0 Å². The van der Waals surface area contributed by atoms with E-state index in [0.29, 0.717) is 12.2 Å². The fourth-order valence-electron chi connectivity index (χ4n) is 0.900. The molecule has 0 aliphatic rings. The first kappa shape index (κ1) is 9.83. The van der Waals surface area contributed by atoms with Gasteiger partial charge in [0, 0.05) is 18.4 Å². The minimum absolute atomic E-state index is 0.435. The molecule has 1 aromatic heterocycles. The number of alkyl halides is 3. The van der Waals surface area contributed by atoms with Crippen LogP contribution in [0, 0.1) is 0 Å². The zero-order valence-corrected chi connectivity index (χ0v) is 7.02.